The number of ether oxygens (including phenoxy) is 2. The lowest BCUT2D eigenvalue weighted by molar-refractivity contribution is -0.145. The highest BCUT2D eigenvalue weighted by atomic mass is 32.2. The molecule has 0 aromatic carbocycles. The average Bonchev–Trinajstić information content (AvgIpc) is 2.92. The van der Waals surface area contributed by atoms with Crippen molar-refractivity contribution in [1.29, 1.82) is 0 Å². The second kappa shape index (κ2) is 23.0. The second-order valence-corrected chi connectivity index (χ2v) is 13.3. The lowest BCUT2D eigenvalue weighted by Gasteiger charge is -2.17. The third-order valence-corrected chi connectivity index (χ3v) is 8.12. The zero-order valence-corrected chi connectivity index (χ0v) is 27.2. The fourth-order valence-electron chi connectivity index (χ4n) is 3.69. The number of carbonyl (C=O) groups excluding carboxylic acids is 4. The van der Waals surface area contributed by atoms with Crippen LogP contribution in [0.2, 0.25) is 0 Å². The number of carboxylic acid groups (broad SMARTS) is 2. The summed E-state index contributed by atoms with van der Waals surface area (Å²) in [6, 6.07) is -1.35. The van der Waals surface area contributed by atoms with Crippen LogP contribution in [0.1, 0.15) is 58.3 Å². The Morgan fingerprint density at radius 2 is 1.30 bits per heavy atom. The van der Waals surface area contributed by atoms with Crippen LogP contribution in [-0.4, -0.2) is 124 Å². The summed E-state index contributed by atoms with van der Waals surface area (Å²) in [4.78, 5) is 70.0. The Morgan fingerprint density at radius 3 is 1.91 bits per heavy atom. The summed E-state index contributed by atoms with van der Waals surface area (Å²) in [7, 11) is -8.30. The minimum atomic E-state index is -4.26. The number of hydrogen-bond acceptors (Lipinski definition) is 12. The molecule has 0 rings (SSSR count). The van der Waals surface area contributed by atoms with Gasteiger partial charge in [0, 0.05) is 32.4 Å². The smallest absolute Gasteiger partial charge is 0.326 e. The van der Waals surface area contributed by atoms with Crippen molar-refractivity contribution in [2.75, 3.05) is 51.0 Å². The van der Waals surface area contributed by atoms with Crippen LogP contribution in [0, 0.1) is 5.92 Å². The quantitative estimate of drug-likeness (QED) is 0.0359. The molecule has 0 aliphatic rings. The highest BCUT2D eigenvalue weighted by Crippen LogP contribution is 2.16. The number of amides is 4. The molecule has 0 radical (unpaired) electrons. The molecule has 0 heterocycles. The van der Waals surface area contributed by atoms with Gasteiger partial charge in [0.05, 0.1) is 37.2 Å². The summed E-state index contributed by atoms with van der Waals surface area (Å²) in [6.45, 7) is 1.76. The van der Waals surface area contributed by atoms with Crippen molar-refractivity contribution in [3.8, 4) is 0 Å². The first-order chi connectivity index (χ1) is 21.5. The van der Waals surface area contributed by atoms with Gasteiger partial charge in [0.15, 0.2) is 0 Å². The lowest BCUT2D eigenvalue weighted by atomic mass is 9.95. The minimum Gasteiger partial charge on any atom is -0.481 e. The van der Waals surface area contributed by atoms with Crippen molar-refractivity contribution in [2.24, 2.45) is 5.92 Å². The van der Waals surface area contributed by atoms with E-state index in [1.54, 1.807) is 11.6 Å². The van der Waals surface area contributed by atoms with Crippen LogP contribution in [0.3, 0.4) is 0 Å². The molecule has 0 fully saturated rings. The molecular formula is C25H44N4O15S2. The fraction of sp³-hybridized carbons (Fsp3) is 0.760. The molecule has 0 bridgehead atoms. The van der Waals surface area contributed by atoms with Gasteiger partial charge in [-0.3, -0.25) is 33.2 Å². The van der Waals surface area contributed by atoms with Gasteiger partial charge in [-0.2, -0.15) is 8.42 Å². The Balaban J connectivity index is 4.11. The molecular weight excluding hydrogens is 660 g/mol. The van der Waals surface area contributed by atoms with Crippen LogP contribution in [0.5, 0.6) is 0 Å². The number of rotatable bonds is 27. The van der Waals surface area contributed by atoms with Crippen LogP contribution in [0.4, 0.5) is 0 Å². The molecule has 4 amide bonds. The highest BCUT2D eigenvalue weighted by Gasteiger charge is 2.25. The third-order valence-electron chi connectivity index (χ3n) is 5.95. The number of carboxylic acids is 2. The van der Waals surface area contributed by atoms with Crippen molar-refractivity contribution in [2.45, 2.75) is 64.3 Å². The van der Waals surface area contributed by atoms with Crippen molar-refractivity contribution in [3.63, 3.8) is 0 Å². The van der Waals surface area contributed by atoms with Crippen molar-refractivity contribution in [3.05, 3.63) is 0 Å². The van der Waals surface area contributed by atoms with E-state index in [4.69, 9.17) is 14.0 Å². The fourth-order valence-corrected chi connectivity index (χ4v) is 5.28. The number of aliphatic carboxylic acids is 2. The maximum Gasteiger partial charge on any atom is 0.326 e. The van der Waals surface area contributed by atoms with E-state index in [-0.39, 0.29) is 77.2 Å². The van der Waals surface area contributed by atoms with E-state index >= 15 is 0 Å². The second-order valence-electron chi connectivity index (χ2n) is 9.92. The molecule has 2 atom stereocenters. The van der Waals surface area contributed by atoms with Gasteiger partial charge >= 0.3 is 11.9 Å². The Morgan fingerprint density at radius 1 is 0.696 bits per heavy atom. The van der Waals surface area contributed by atoms with Crippen molar-refractivity contribution in [1.82, 2.24) is 20.7 Å². The Bertz CT molecular complexity index is 1230. The van der Waals surface area contributed by atoms with Crippen molar-refractivity contribution < 1.29 is 69.8 Å². The molecule has 266 valence electrons. The number of hydrogen-bond donors (Lipinski definition) is 7. The summed E-state index contributed by atoms with van der Waals surface area (Å²) < 4.78 is 65.7. The molecule has 46 heavy (non-hydrogen) atoms. The van der Waals surface area contributed by atoms with E-state index < -0.39 is 86.3 Å². The standard InChI is InChI=1S/C25H44N4O15S2/c1-2-26-21(31)10-8-18(24(34)35)7-9-19(25(36)37)28-23(33)17-44-14-13-43-12-11-27-20(30)5-3-15-45(38,39)29-22(32)6-4-16-46(40,41)42/h18-19H,2-17H2,1H3,(H,26,31)(H,27,30)(H,28,33)(H,29,32)(H,34,35)(H,36,37)(H,40,41,42)/t18-,19+/m1/s1. The van der Waals surface area contributed by atoms with E-state index in [9.17, 15) is 55.8 Å². The number of carbonyl (C=O) groups is 6. The first-order valence-corrected chi connectivity index (χ1v) is 17.6. The van der Waals surface area contributed by atoms with E-state index in [0.29, 0.717) is 6.54 Å². The summed E-state index contributed by atoms with van der Waals surface area (Å²) in [5, 5.41) is 26.0. The summed E-state index contributed by atoms with van der Waals surface area (Å²) >= 11 is 0. The zero-order valence-electron chi connectivity index (χ0n) is 25.5. The van der Waals surface area contributed by atoms with Crippen LogP contribution in [0.15, 0.2) is 0 Å². The predicted molar refractivity (Wildman–Crippen MR) is 159 cm³/mol. The topological polar surface area (TPSA) is 298 Å². The van der Waals surface area contributed by atoms with E-state index in [0.717, 1.165) is 0 Å². The first kappa shape index (κ1) is 42.6. The predicted octanol–water partition coefficient (Wildman–Crippen LogP) is -2.00. The van der Waals surface area contributed by atoms with Crippen LogP contribution in [-0.2, 0) is 58.4 Å². The van der Waals surface area contributed by atoms with Crippen LogP contribution < -0.4 is 20.7 Å². The van der Waals surface area contributed by atoms with Gasteiger partial charge < -0.3 is 35.6 Å². The Labute approximate surface area is 267 Å². The monoisotopic (exact) mass is 704 g/mol. The summed E-state index contributed by atoms with van der Waals surface area (Å²) in [6.07, 6.45) is -1.20. The molecule has 19 nitrogen and oxygen atoms in total. The first-order valence-electron chi connectivity index (χ1n) is 14.4. The molecule has 0 aromatic heterocycles. The SMILES string of the molecule is CCNC(=O)CC[C@@H](CC[C@H](NC(=O)COCCOCCNC(=O)CCCS(=O)(=O)NC(=O)CCCS(=O)(=O)O)C(=O)O)C(=O)O. The van der Waals surface area contributed by atoms with Crippen LogP contribution in [0.25, 0.3) is 0 Å². The molecule has 21 heteroatoms. The number of sulfonamides is 1. The molecule has 0 saturated heterocycles. The van der Waals surface area contributed by atoms with E-state index in [2.05, 4.69) is 16.0 Å². The van der Waals surface area contributed by atoms with Gasteiger partial charge in [0.25, 0.3) is 10.1 Å². The van der Waals surface area contributed by atoms with Crippen LogP contribution >= 0.6 is 0 Å². The average molecular weight is 705 g/mol. The van der Waals surface area contributed by atoms with Gasteiger partial charge in [0.2, 0.25) is 33.7 Å². The lowest BCUT2D eigenvalue weighted by Crippen LogP contribution is -2.43. The molecule has 0 aliphatic heterocycles. The van der Waals surface area contributed by atoms with E-state index in [1.807, 2.05) is 0 Å². The molecule has 0 aromatic rings. The van der Waals surface area contributed by atoms with Crippen molar-refractivity contribution >= 4 is 55.7 Å². The minimum absolute atomic E-state index is 0.0207. The molecule has 7 N–H and O–H groups in total. The largest absolute Gasteiger partial charge is 0.481 e. The van der Waals surface area contributed by atoms with Gasteiger partial charge in [-0.05, 0) is 39.0 Å². The molecule has 0 spiro atoms. The maximum atomic E-state index is 12.1. The maximum absolute atomic E-state index is 12.1. The molecule has 0 unspecified atom stereocenters. The molecule has 0 saturated carbocycles. The zero-order chi connectivity index (χ0) is 35.2. The van der Waals surface area contributed by atoms with E-state index in [1.165, 1.54) is 0 Å². The molecule has 0 aliphatic carbocycles. The summed E-state index contributed by atoms with van der Waals surface area (Å²) in [5.74, 6) is -7.17. The Kier molecular flexibility index (Phi) is 21.3. The summed E-state index contributed by atoms with van der Waals surface area (Å²) in [5.41, 5.74) is 0. The van der Waals surface area contributed by atoms with Gasteiger partial charge in [-0.25, -0.2) is 13.2 Å². The normalized spacial score (nSPS) is 12.8. The van der Waals surface area contributed by atoms with Gasteiger partial charge in [-0.15, -0.1) is 0 Å². The van der Waals surface area contributed by atoms with Gasteiger partial charge in [-0.1, -0.05) is 0 Å². The third kappa shape index (κ3) is 23.9. The number of nitrogens with one attached hydrogen (secondary N) is 4. The van der Waals surface area contributed by atoms with Gasteiger partial charge in [0.1, 0.15) is 12.6 Å². The Hall–Kier alpha value is -3.40. The highest BCUT2D eigenvalue weighted by molar-refractivity contribution is 7.90.